The van der Waals surface area contributed by atoms with Gasteiger partial charge in [0.15, 0.2) is 0 Å². The highest BCUT2D eigenvalue weighted by Crippen LogP contribution is 2.21. The molecule has 3 nitrogen and oxygen atoms in total. The van der Waals surface area contributed by atoms with Crippen LogP contribution in [-0.2, 0) is 0 Å². The van der Waals surface area contributed by atoms with Crippen LogP contribution in [0.25, 0.3) is 0 Å². The molecule has 1 unspecified atom stereocenters. The summed E-state index contributed by atoms with van der Waals surface area (Å²) in [6.07, 6.45) is 5.38. The normalized spacial score (nSPS) is 20.4. The summed E-state index contributed by atoms with van der Waals surface area (Å²) in [7, 11) is 4.39. The van der Waals surface area contributed by atoms with Gasteiger partial charge in [-0.1, -0.05) is 27.2 Å². The molecule has 0 aromatic carbocycles. The SMILES string of the molecule is CCCC(CNC(C)C)N1CCC(CN(C)C)CC1. The Hall–Kier alpha value is -0.120. The van der Waals surface area contributed by atoms with E-state index in [0.717, 1.165) is 18.5 Å². The molecule has 1 aliphatic heterocycles. The first-order valence-corrected chi connectivity index (χ1v) is 8.15. The third-order valence-electron chi connectivity index (χ3n) is 4.17. The van der Waals surface area contributed by atoms with Gasteiger partial charge in [-0.25, -0.2) is 0 Å². The molecule has 19 heavy (non-hydrogen) atoms. The van der Waals surface area contributed by atoms with Gasteiger partial charge < -0.3 is 10.2 Å². The van der Waals surface area contributed by atoms with Crippen LogP contribution in [0, 0.1) is 5.92 Å². The van der Waals surface area contributed by atoms with Crippen molar-refractivity contribution in [2.24, 2.45) is 5.92 Å². The van der Waals surface area contributed by atoms with E-state index >= 15 is 0 Å². The molecule has 0 saturated carbocycles. The van der Waals surface area contributed by atoms with E-state index in [1.54, 1.807) is 0 Å². The summed E-state index contributed by atoms with van der Waals surface area (Å²) >= 11 is 0. The zero-order chi connectivity index (χ0) is 14.3. The quantitative estimate of drug-likeness (QED) is 0.730. The first-order valence-electron chi connectivity index (χ1n) is 8.15. The number of piperidine rings is 1. The number of hydrogen-bond acceptors (Lipinski definition) is 3. The van der Waals surface area contributed by atoms with Gasteiger partial charge >= 0.3 is 0 Å². The van der Waals surface area contributed by atoms with Crippen LogP contribution >= 0.6 is 0 Å². The average Bonchev–Trinajstić information content (AvgIpc) is 2.34. The molecule has 0 aromatic heterocycles. The van der Waals surface area contributed by atoms with E-state index in [1.165, 1.54) is 45.3 Å². The van der Waals surface area contributed by atoms with E-state index in [2.05, 4.69) is 50.0 Å². The summed E-state index contributed by atoms with van der Waals surface area (Å²) in [4.78, 5) is 5.06. The second kappa shape index (κ2) is 8.93. The fourth-order valence-corrected chi connectivity index (χ4v) is 3.14. The Kier molecular flexibility index (Phi) is 7.96. The van der Waals surface area contributed by atoms with Gasteiger partial charge in [0.25, 0.3) is 0 Å². The molecule has 1 rings (SSSR count). The molecule has 0 aromatic rings. The van der Waals surface area contributed by atoms with Gasteiger partial charge in [-0.2, -0.15) is 0 Å². The lowest BCUT2D eigenvalue weighted by Gasteiger charge is -2.38. The van der Waals surface area contributed by atoms with Crippen molar-refractivity contribution in [1.82, 2.24) is 15.1 Å². The monoisotopic (exact) mass is 269 g/mol. The molecule has 1 fully saturated rings. The van der Waals surface area contributed by atoms with Gasteiger partial charge in [-0.15, -0.1) is 0 Å². The van der Waals surface area contributed by atoms with Crippen LogP contribution in [0.4, 0.5) is 0 Å². The lowest BCUT2D eigenvalue weighted by atomic mass is 9.94. The Balaban J connectivity index is 2.36. The van der Waals surface area contributed by atoms with E-state index in [4.69, 9.17) is 0 Å². The number of likely N-dealkylation sites (tertiary alicyclic amines) is 1. The lowest BCUT2D eigenvalue weighted by Crippen LogP contribution is -2.48. The highest BCUT2D eigenvalue weighted by molar-refractivity contribution is 4.81. The maximum absolute atomic E-state index is 3.62. The average molecular weight is 269 g/mol. The minimum atomic E-state index is 0.602. The number of hydrogen-bond donors (Lipinski definition) is 1. The molecule has 1 N–H and O–H groups in total. The van der Waals surface area contributed by atoms with Crippen LogP contribution in [0.15, 0.2) is 0 Å². The number of nitrogens with one attached hydrogen (secondary N) is 1. The van der Waals surface area contributed by atoms with E-state index in [1.807, 2.05) is 0 Å². The second-order valence-electron chi connectivity index (χ2n) is 6.75. The molecule has 0 radical (unpaired) electrons. The molecule has 0 amide bonds. The lowest BCUT2D eigenvalue weighted by molar-refractivity contribution is 0.112. The third-order valence-corrected chi connectivity index (χ3v) is 4.17. The highest BCUT2D eigenvalue weighted by atomic mass is 15.2. The largest absolute Gasteiger partial charge is 0.313 e. The van der Waals surface area contributed by atoms with Gasteiger partial charge in [0, 0.05) is 25.2 Å². The van der Waals surface area contributed by atoms with Crippen molar-refractivity contribution in [1.29, 1.82) is 0 Å². The number of nitrogens with zero attached hydrogens (tertiary/aromatic N) is 2. The van der Waals surface area contributed by atoms with Crippen molar-refractivity contribution in [3.63, 3.8) is 0 Å². The zero-order valence-corrected chi connectivity index (χ0v) is 13.8. The maximum atomic E-state index is 3.62. The van der Waals surface area contributed by atoms with Crippen molar-refractivity contribution in [2.45, 2.75) is 58.5 Å². The van der Waals surface area contributed by atoms with Crippen molar-refractivity contribution >= 4 is 0 Å². The fraction of sp³-hybridized carbons (Fsp3) is 1.00. The second-order valence-corrected chi connectivity index (χ2v) is 6.75. The topological polar surface area (TPSA) is 18.5 Å². The van der Waals surface area contributed by atoms with E-state index in [9.17, 15) is 0 Å². The Morgan fingerprint density at radius 3 is 2.32 bits per heavy atom. The molecule has 114 valence electrons. The zero-order valence-electron chi connectivity index (χ0n) is 13.8. The predicted octanol–water partition coefficient (Wildman–Crippen LogP) is 2.43. The molecule has 0 aliphatic carbocycles. The van der Waals surface area contributed by atoms with Gasteiger partial charge in [-0.05, 0) is 52.4 Å². The highest BCUT2D eigenvalue weighted by Gasteiger charge is 2.24. The van der Waals surface area contributed by atoms with Gasteiger partial charge in [0.2, 0.25) is 0 Å². The van der Waals surface area contributed by atoms with Crippen LogP contribution in [0.3, 0.4) is 0 Å². The van der Waals surface area contributed by atoms with Crippen LogP contribution < -0.4 is 5.32 Å². The van der Waals surface area contributed by atoms with Crippen LogP contribution in [0.1, 0.15) is 46.5 Å². The van der Waals surface area contributed by atoms with Gasteiger partial charge in [0.1, 0.15) is 0 Å². The molecule has 3 heteroatoms. The molecule has 1 atom stereocenters. The molecular formula is C16H35N3. The minimum Gasteiger partial charge on any atom is -0.313 e. The first kappa shape index (κ1) is 16.9. The summed E-state index contributed by atoms with van der Waals surface area (Å²) < 4.78 is 0. The summed E-state index contributed by atoms with van der Waals surface area (Å²) in [5, 5.41) is 3.62. The summed E-state index contributed by atoms with van der Waals surface area (Å²) in [6.45, 7) is 11.8. The summed E-state index contributed by atoms with van der Waals surface area (Å²) in [5.41, 5.74) is 0. The Morgan fingerprint density at radius 2 is 1.84 bits per heavy atom. The van der Waals surface area contributed by atoms with Crippen molar-refractivity contribution in [2.75, 3.05) is 40.3 Å². The van der Waals surface area contributed by atoms with Crippen molar-refractivity contribution in [3.8, 4) is 0 Å². The molecule has 1 heterocycles. The van der Waals surface area contributed by atoms with E-state index in [0.29, 0.717) is 6.04 Å². The summed E-state index contributed by atoms with van der Waals surface area (Å²) in [5.74, 6) is 0.909. The molecule has 1 aliphatic rings. The Labute approximate surface area is 120 Å². The smallest absolute Gasteiger partial charge is 0.0220 e. The predicted molar refractivity (Wildman–Crippen MR) is 84.7 cm³/mol. The van der Waals surface area contributed by atoms with E-state index < -0.39 is 0 Å². The Bertz CT molecular complexity index is 220. The minimum absolute atomic E-state index is 0.602. The van der Waals surface area contributed by atoms with Crippen LogP contribution in [0.2, 0.25) is 0 Å². The fourth-order valence-electron chi connectivity index (χ4n) is 3.14. The first-order chi connectivity index (χ1) is 9.02. The van der Waals surface area contributed by atoms with Crippen LogP contribution in [0.5, 0.6) is 0 Å². The summed E-state index contributed by atoms with van der Waals surface area (Å²) in [6, 6.07) is 1.35. The maximum Gasteiger partial charge on any atom is 0.0220 e. The van der Waals surface area contributed by atoms with Crippen LogP contribution in [-0.4, -0.2) is 62.2 Å². The standard InChI is InChI=1S/C16H35N3/c1-6-7-16(12-17-14(2)3)19-10-8-15(9-11-19)13-18(4)5/h14-17H,6-13H2,1-5H3. The van der Waals surface area contributed by atoms with E-state index in [-0.39, 0.29) is 0 Å². The van der Waals surface area contributed by atoms with Gasteiger partial charge in [-0.3, -0.25) is 4.90 Å². The third kappa shape index (κ3) is 6.73. The Morgan fingerprint density at radius 1 is 1.21 bits per heavy atom. The number of rotatable bonds is 8. The molecule has 0 bridgehead atoms. The van der Waals surface area contributed by atoms with Crippen molar-refractivity contribution in [3.05, 3.63) is 0 Å². The molecule has 1 saturated heterocycles. The molecule has 0 spiro atoms. The van der Waals surface area contributed by atoms with Crippen molar-refractivity contribution < 1.29 is 0 Å². The van der Waals surface area contributed by atoms with Gasteiger partial charge in [0.05, 0.1) is 0 Å². The molecular weight excluding hydrogens is 234 g/mol.